The van der Waals surface area contributed by atoms with E-state index in [-0.39, 0.29) is 6.10 Å². The van der Waals surface area contributed by atoms with Crippen molar-refractivity contribution in [2.24, 2.45) is 5.92 Å². The van der Waals surface area contributed by atoms with Crippen LogP contribution in [0.2, 0.25) is 0 Å². The van der Waals surface area contributed by atoms with Crippen molar-refractivity contribution in [1.29, 1.82) is 0 Å². The maximum Gasteiger partial charge on any atom is 0.161 e. The highest BCUT2D eigenvalue weighted by Gasteiger charge is 2.21. The lowest BCUT2D eigenvalue weighted by Gasteiger charge is -2.21. The largest absolute Gasteiger partial charge is 0.493 e. The van der Waals surface area contributed by atoms with Crippen LogP contribution in [0.3, 0.4) is 0 Å². The number of hydrogen-bond donors (Lipinski definition) is 1. The molecule has 0 unspecified atom stereocenters. The minimum atomic E-state index is 0.158. The van der Waals surface area contributed by atoms with Gasteiger partial charge in [0, 0.05) is 12.6 Å². The van der Waals surface area contributed by atoms with Gasteiger partial charge in [-0.2, -0.15) is 0 Å². The molecule has 3 heteroatoms. The van der Waals surface area contributed by atoms with Crippen LogP contribution in [0, 0.1) is 5.92 Å². The van der Waals surface area contributed by atoms with E-state index < -0.39 is 0 Å². The van der Waals surface area contributed by atoms with Gasteiger partial charge in [-0.1, -0.05) is 18.9 Å². The van der Waals surface area contributed by atoms with E-state index in [9.17, 15) is 0 Å². The Morgan fingerprint density at radius 1 is 1.14 bits per heavy atom. The summed E-state index contributed by atoms with van der Waals surface area (Å²) < 4.78 is 11.2. The molecule has 1 aromatic rings. The zero-order valence-corrected chi connectivity index (χ0v) is 13.8. The number of ether oxygens (including phenoxy) is 2. The van der Waals surface area contributed by atoms with Crippen LogP contribution in [0.15, 0.2) is 18.2 Å². The summed E-state index contributed by atoms with van der Waals surface area (Å²) in [5.74, 6) is 2.48. The summed E-state index contributed by atoms with van der Waals surface area (Å²) in [6, 6.07) is 6.79. The van der Waals surface area contributed by atoms with Crippen LogP contribution in [0.1, 0.15) is 52.0 Å². The van der Waals surface area contributed by atoms with Gasteiger partial charge in [-0.3, -0.25) is 0 Å². The second-order valence-corrected chi connectivity index (χ2v) is 6.37. The number of nitrogens with one attached hydrogen (secondary N) is 1. The third-order valence-electron chi connectivity index (χ3n) is 4.33. The topological polar surface area (TPSA) is 30.5 Å². The smallest absolute Gasteiger partial charge is 0.161 e. The van der Waals surface area contributed by atoms with Gasteiger partial charge in [0.15, 0.2) is 11.5 Å². The lowest BCUT2D eigenvalue weighted by molar-refractivity contribution is 0.230. The molecule has 1 saturated carbocycles. The molecule has 0 aliphatic heterocycles. The second kappa shape index (κ2) is 7.69. The minimum absolute atomic E-state index is 0.158. The molecule has 1 aromatic carbocycles. The molecule has 21 heavy (non-hydrogen) atoms. The molecule has 1 atom stereocenters. The molecular weight excluding hydrogens is 262 g/mol. The lowest BCUT2D eigenvalue weighted by Crippen LogP contribution is -2.31. The van der Waals surface area contributed by atoms with Crippen molar-refractivity contribution >= 4 is 0 Å². The molecule has 2 rings (SSSR count). The quantitative estimate of drug-likeness (QED) is 0.818. The summed E-state index contributed by atoms with van der Waals surface area (Å²) in [7, 11) is 1.70. The van der Waals surface area contributed by atoms with Crippen LogP contribution in [-0.4, -0.2) is 19.3 Å². The molecule has 0 radical (unpaired) electrons. The number of benzene rings is 1. The van der Waals surface area contributed by atoms with Crippen LogP contribution in [0.4, 0.5) is 0 Å². The molecule has 0 amide bonds. The first-order chi connectivity index (χ1) is 10.1. The summed E-state index contributed by atoms with van der Waals surface area (Å²) >= 11 is 0. The van der Waals surface area contributed by atoms with Gasteiger partial charge in [0.25, 0.3) is 0 Å². The summed E-state index contributed by atoms with van der Waals surface area (Å²) in [4.78, 5) is 0. The van der Waals surface area contributed by atoms with Gasteiger partial charge in [0.1, 0.15) is 0 Å². The Kier molecular flexibility index (Phi) is 5.92. The van der Waals surface area contributed by atoms with Crippen LogP contribution in [0.5, 0.6) is 11.5 Å². The fourth-order valence-corrected chi connectivity index (χ4v) is 3.08. The number of rotatable bonds is 7. The molecule has 0 spiro atoms. The van der Waals surface area contributed by atoms with Crippen molar-refractivity contribution in [2.45, 2.75) is 65.1 Å². The normalized spacial score (nSPS) is 17.2. The van der Waals surface area contributed by atoms with Gasteiger partial charge in [0.05, 0.1) is 13.2 Å². The summed E-state index contributed by atoms with van der Waals surface area (Å²) in [6.07, 6.45) is 5.69. The predicted octanol–water partition coefficient (Wildman–Crippen LogP) is 4.15. The van der Waals surface area contributed by atoms with Crippen molar-refractivity contribution in [3.05, 3.63) is 23.8 Å². The van der Waals surface area contributed by atoms with Gasteiger partial charge in [-0.25, -0.2) is 0 Å². The zero-order chi connectivity index (χ0) is 15.2. The average Bonchev–Trinajstić information content (AvgIpc) is 2.99. The van der Waals surface area contributed by atoms with E-state index in [0.717, 1.165) is 24.0 Å². The van der Waals surface area contributed by atoms with E-state index in [2.05, 4.69) is 24.4 Å². The molecule has 118 valence electrons. The van der Waals surface area contributed by atoms with Gasteiger partial charge in [0.2, 0.25) is 0 Å². The highest BCUT2D eigenvalue weighted by molar-refractivity contribution is 5.43. The third-order valence-corrected chi connectivity index (χ3v) is 4.33. The second-order valence-electron chi connectivity index (χ2n) is 6.37. The summed E-state index contributed by atoms with van der Waals surface area (Å²) in [6.45, 7) is 7.25. The van der Waals surface area contributed by atoms with E-state index in [1.54, 1.807) is 7.11 Å². The average molecular weight is 291 g/mol. The Morgan fingerprint density at radius 3 is 2.48 bits per heavy atom. The first-order valence-electron chi connectivity index (χ1n) is 8.17. The standard InChI is InChI=1S/C18H29NO2/c1-13(2)21-17-10-9-15(11-18(17)20-4)12-19-14(3)16-7-5-6-8-16/h9-11,13-14,16,19H,5-8,12H2,1-4H3/t14-/m0/s1. The molecule has 1 N–H and O–H groups in total. The van der Waals surface area contributed by atoms with Crippen molar-refractivity contribution in [1.82, 2.24) is 5.32 Å². The molecule has 1 aliphatic rings. The molecular formula is C18H29NO2. The SMILES string of the molecule is COc1cc(CN[C@@H](C)C2CCCC2)ccc1OC(C)C. The summed E-state index contributed by atoms with van der Waals surface area (Å²) in [5, 5.41) is 3.66. The summed E-state index contributed by atoms with van der Waals surface area (Å²) in [5.41, 5.74) is 1.24. The first-order valence-corrected chi connectivity index (χ1v) is 8.17. The van der Waals surface area contributed by atoms with E-state index in [4.69, 9.17) is 9.47 Å². The van der Waals surface area contributed by atoms with E-state index in [1.165, 1.54) is 31.2 Å². The van der Waals surface area contributed by atoms with Crippen LogP contribution in [0.25, 0.3) is 0 Å². The Bertz CT molecular complexity index is 439. The monoisotopic (exact) mass is 291 g/mol. The number of methoxy groups -OCH3 is 1. The zero-order valence-electron chi connectivity index (χ0n) is 13.8. The predicted molar refractivity (Wildman–Crippen MR) is 87.0 cm³/mol. The molecule has 1 aliphatic carbocycles. The van der Waals surface area contributed by atoms with Gasteiger partial charge < -0.3 is 14.8 Å². The van der Waals surface area contributed by atoms with Crippen LogP contribution >= 0.6 is 0 Å². The fourth-order valence-electron chi connectivity index (χ4n) is 3.08. The lowest BCUT2D eigenvalue weighted by atomic mass is 9.99. The maximum atomic E-state index is 5.75. The Balaban J connectivity index is 1.93. The minimum Gasteiger partial charge on any atom is -0.493 e. The van der Waals surface area contributed by atoms with E-state index >= 15 is 0 Å². The van der Waals surface area contributed by atoms with Gasteiger partial charge in [-0.15, -0.1) is 0 Å². The molecule has 0 saturated heterocycles. The highest BCUT2D eigenvalue weighted by atomic mass is 16.5. The Labute approximate surface area is 129 Å². The van der Waals surface area contributed by atoms with Gasteiger partial charge in [-0.05, 0) is 57.2 Å². The van der Waals surface area contributed by atoms with Crippen molar-refractivity contribution in [3.8, 4) is 11.5 Å². The van der Waals surface area contributed by atoms with Crippen LogP contribution < -0.4 is 14.8 Å². The molecule has 0 aromatic heterocycles. The van der Waals surface area contributed by atoms with E-state index in [0.29, 0.717) is 6.04 Å². The van der Waals surface area contributed by atoms with Crippen LogP contribution in [-0.2, 0) is 6.54 Å². The molecule has 0 heterocycles. The molecule has 0 bridgehead atoms. The van der Waals surface area contributed by atoms with Crippen molar-refractivity contribution in [3.63, 3.8) is 0 Å². The Hall–Kier alpha value is -1.22. The molecule has 3 nitrogen and oxygen atoms in total. The van der Waals surface area contributed by atoms with Crippen molar-refractivity contribution < 1.29 is 9.47 Å². The highest BCUT2D eigenvalue weighted by Crippen LogP contribution is 2.30. The first kappa shape index (κ1) is 16.2. The maximum absolute atomic E-state index is 5.75. The van der Waals surface area contributed by atoms with E-state index in [1.807, 2.05) is 19.9 Å². The Morgan fingerprint density at radius 2 is 1.86 bits per heavy atom. The van der Waals surface area contributed by atoms with Crippen molar-refractivity contribution in [2.75, 3.05) is 7.11 Å². The fraction of sp³-hybridized carbons (Fsp3) is 0.667. The number of hydrogen-bond acceptors (Lipinski definition) is 3. The van der Waals surface area contributed by atoms with Gasteiger partial charge >= 0.3 is 0 Å². The third kappa shape index (κ3) is 4.63. The molecule has 1 fully saturated rings.